The quantitative estimate of drug-likeness (QED) is 0.447. The molecule has 0 bridgehead atoms. The van der Waals surface area contributed by atoms with E-state index in [2.05, 4.69) is 5.32 Å². The van der Waals surface area contributed by atoms with Gasteiger partial charge in [0.05, 0.1) is 18.2 Å². The number of ether oxygens (including phenoxy) is 1. The van der Waals surface area contributed by atoms with Crippen LogP contribution in [-0.4, -0.2) is 24.2 Å². The Morgan fingerprint density at radius 2 is 2.26 bits per heavy atom. The maximum Gasteiger partial charge on any atom is 0.310 e. The summed E-state index contributed by atoms with van der Waals surface area (Å²) < 4.78 is 17.3. The summed E-state index contributed by atoms with van der Waals surface area (Å²) in [5.74, 6) is 0.216. The summed E-state index contributed by atoms with van der Waals surface area (Å²) in [7, 11) is 0. The predicted molar refractivity (Wildman–Crippen MR) is 69.0 cm³/mol. The number of nitro groups is 1. The minimum Gasteiger partial charge on any atom is -0.487 e. The largest absolute Gasteiger partial charge is 0.487 e. The zero-order valence-corrected chi connectivity index (χ0v) is 10.6. The fourth-order valence-electron chi connectivity index (χ4n) is 1.72. The van der Waals surface area contributed by atoms with Gasteiger partial charge in [-0.1, -0.05) is 6.07 Å². The van der Waals surface area contributed by atoms with E-state index >= 15 is 0 Å². The van der Waals surface area contributed by atoms with E-state index in [4.69, 9.17) is 4.74 Å². The molecule has 0 atom stereocenters. The van der Waals surface area contributed by atoms with Crippen molar-refractivity contribution in [1.82, 2.24) is 5.32 Å². The van der Waals surface area contributed by atoms with Crippen molar-refractivity contribution in [3.05, 3.63) is 33.9 Å². The summed E-state index contributed by atoms with van der Waals surface area (Å²) in [5, 5.41) is 14.2. The lowest BCUT2D eigenvalue weighted by Gasteiger charge is -2.08. The molecule has 0 amide bonds. The van der Waals surface area contributed by atoms with Crippen molar-refractivity contribution < 1.29 is 14.1 Å². The molecule has 104 valence electrons. The third-order valence-electron chi connectivity index (χ3n) is 2.93. The van der Waals surface area contributed by atoms with Crippen LogP contribution in [0.15, 0.2) is 18.2 Å². The second-order valence-electron chi connectivity index (χ2n) is 4.61. The maximum absolute atomic E-state index is 12.0. The fourth-order valence-corrected chi connectivity index (χ4v) is 1.72. The number of nitrogens with one attached hydrogen (secondary N) is 1. The first-order valence-corrected chi connectivity index (χ1v) is 6.40. The molecule has 5 nitrogen and oxygen atoms in total. The number of rotatable bonds is 8. The molecule has 0 radical (unpaired) electrons. The van der Waals surface area contributed by atoms with Gasteiger partial charge >= 0.3 is 5.69 Å². The second kappa shape index (κ2) is 6.47. The molecule has 0 unspecified atom stereocenters. The summed E-state index contributed by atoms with van der Waals surface area (Å²) >= 11 is 0. The van der Waals surface area contributed by atoms with Gasteiger partial charge < -0.3 is 10.1 Å². The SMILES string of the molecule is O=[N+]([O-])c1ccc(CNC2CC2)cc1OCCCF. The van der Waals surface area contributed by atoms with Crippen LogP contribution in [-0.2, 0) is 6.54 Å². The summed E-state index contributed by atoms with van der Waals surface area (Å²) in [6.07, 6.45) is 2.61. The summed E-state index contributed by atoms with van der Waals surface area (Å²) in [5.41, 5.74) is 0.863. The van der Waals surface area contributed by atoms with Crippen LogP contribution in [0.2, 0.25) is 0 Å². The number of benzene rings is 1. The normalized spacial score (nSPS) is 14.4. The highest BCUT2D eigenvalue weighted by molar-refractivity contribution is 5.48. The summed E-state index contributed by atoms with van der Waals surface area (Å²) in [4.78, 5) is 10.4. The van der Waals surface area contributed by atoms with Gasteiger partial charge in [-0.2, -0.15) is 0 Å². The zero-order valence-electron chi connectivity index (χ0n) is 10.6. The monoisotopic (exact) mass is 268 g/mol. The first-order chi connectivity index (χ1) is 9.20. The molecule has 1 aliphatic carbocycles. The molecule has 2 rings (SSSR count). The Hall–Kier alpha value is -1.69. The molecule has 1 saturated carbocycles. The molecule has 19 heavy (non-hydrogen) atoms. The van der Waals surface area contributed by atoms with E-state index in [0.717, 1.165) is 5.56 Å². The van der Waals surface area contributed by atoms with Crippen LogP contribution in [0.3, 0.4) is 0 Å². The molecule has 1 fully saturated rings. The third kappa shape index (κ3) is 4.17. The molecule has 0 aliphatic heterocycles. The highest BCUT2D eigenvalue weighted by Crippen LogP contribution is 2.28. The van der Waals surface area contributed by atoms with E-state index < -0.39 is 11.6 Å². The Bertz CT molecular complexity index is 450. The van der Waals surface area contributed by atoms with Gasteiger partial charge in [0.2, 0.25) is 0 Å². The minimum absolute atomic E-state index is 0.0750. The molecule has 1 aromatic carbocycles. The van der Waals surface area contributed by atoms with Crippen LogP contribution in [0, 0.1) is 10.1 Å². The summed E-state index contributed by atoms with van der Waals surface area (Å²) in [6, 6.07) is 5.39. The van der Waals surface area contributed by atoms with Gasteiger partial charge in [0, 0.05) is 25.1 Å². The summed E-state index contributed by atoms with van der Waals surface area (Å²) in [6.45, 7) is 0.329. The molecular weight excluding hydrogens is 251 g/mol. The zero-order chi connectivity index (χ0) is 13.7. The molecule has 0 spiro atoms. The molecule has 0 saturated heterocycles. The maximum atomic E-state index is 12.0. The van der Waals surface area contributed by atoms with Crippen LogP contribution in [0.25, 0.3) is 0 Å². The van der Waals surface area contributed by atoms with Crippen LogP contribution in [0.1, 0.15) is 24.8 Å². The molecule has 0 aromatic heterocycles. The number of alkyl halides is 1. The van der Waals surface area contributed by atoms with E-state index in [9.17, 15) is 14.5 Å². The topological polar surface area (TPSA) is 64.4 Å². The molecule has 6 heteroatoms. The molecule has 1 aromatic rings. The molecule has 1 aliphatic rings. The van der Waals surface area contributed by atoms with Gasteiger partial charge in [-0.3, -0.25) is 14.5 Å². The van der Waals surface area contributed by atoms with Gasteiger partial charge in [0.15, 0.2) is 5.75 Å². The van der Waals surface area contributed by atoms with Crippen molar-refractivity contribution in [1.29, 1.82) is 0 Å². The number of nitrogens with zero attached hydrogens (tertiary/aromatic N) is 1. The Kier molecular flexibility index (Phi) is 4.68. The van der Waals surface area contributed by atoms with Gasteiger partial charge in [-0.15, -0.1) is 0 Å². The van der Waals surface area contributed by atoms with Crippen molar-refractivity contribution in [3.63, 3.8) is 0 Å². The Morgan fingerprint density at radius 3 is 2.89 bits per heavy atom. The number of hydrogen-bond donors (Lipinski definition) is 1. The van der Waals surface area contributed by atoms with E-state index in [1.807, 2.05) is 0 Å². The highest BCUT2D eigenvalue weighted by atomic mass is 19.1. The number of nitro benzene ring substituents is 1. The first-order valence-electron chi connectivity index (χ1n) is 6.40. The van der Waals surface area contributed by atoms with Crippen LogP contribution in [0.4, 0.5) is 10.1 Å². The average Bonchev–Trinajstić information content (AvgIpc) is 3.20. The van der Waals surface area contributed by atoms with Gasteiger partial charge in [-0.05, 0) is 24.5 Å². The first kappa shape index (κ1) is 13.7. The van der Waals surface area contributed by atoms with Crippen LogP contribution >= 0.6 is 0 Å². The van der Waals surface area contributed by atoms with Crippen molar-refractivity contribution in [2.45, 2.75) is 31.8 Å². The van der Waals surface area contributed by atoms with E-state index in [0.29, 0.717) is 12.6 Å². The molecular formula is C13H17FN2O3. The molecule has 1 N–H and O–H groups in total. The minimum atomic E-state index is -0.489. The van der Waals surface area contributed by atoms with Crippen molar-refractivity contribution in [2.24, 2.45) is 0 Å². The van der Waals surface area contributed by atoms with Crippen LogP contribution < -0.4 is 10.1 Å². The lowest BCUT2D eigenvalue weighted by Crippen LogP contribution is -2.15. The highest BCUT2D eigenvalue weighted by Gasteiger charge is 2.21. The van der Waals surface area contributed by atoms with Crippen molar-refractivity contribution in [3.8, 4) is 5.75 Å². The predicted octanol–water partition coefficient (Wildman–Crippen LogP) is 2.59. The number of halogens is 1. The smallest absolute Gasteiger partial charge is 0.310 e. The standard InChI is InChI=1S/C13H17FN2O3/c14-6-1-7-19-13-8-10(9-15-11-3-4-11)2-5-12(13)16(17)18/h2,5,8,11,15H,1,3-4,6-7,9H2. The number of hydrogen-bond acceptors (Lipinski definition) is 4. The van der Waals surface area contributed by atoms with Crippen molar-refractivity contribution >= 4 is 5.69 Å². The Morgan fingerprint density at radius 1 is 1.47 bits per heavy atom. The third-order valence-corrected chi connectivity index (χ3v) is 2.93. The molecule has 0 heterocycles. The Labute approximate surface area is 110 Å². The second-order valence-corrected chi connectivity index (χ2v) is 4.61. The Balaban J connectivity index is 2.04. The van der Waals surface area contributed by atoms with Gasteiger partial charge in [0.1, 0.15) is 0 Å². The van der Waals surface area contributed by atoms with Crippen molar-refractivity contribution in [2.75, 3.05) is 13.3 Å². The van der Waals surface area contributed by atoms with Crippen LogP contribution in [0.5, 0.6) is 5.75 Å². The lowest BCUT2D eigenvalue weighted by atomic mass is 10.2. The van der Waals surface area contributed by atoms with Gasteiger partial charge in [-0.25, -0.2) is 0 Å². The van der Waals surface area contributed by atoms with E-state index in [1.165, 1.54) is 18.9 Å². The lowest BCUT2D eigenvalue weighted by molar-refractivity contribution is -0.385. The van der Waals surface area contributed by atoms with Gasteiger partial charge in [0.25, 0.3) is 0 Å². The van der Waals surface area contributed by atoms with E-state index in [1.54, 1.807) is 12.1 Å². The average molecular weight is 268 g/mol. The fraction of sp³-hybridized carbons (Fsp3) is 0.538. The van der Waals surface area contributed by atoms with E-state index in [-0.39, 0.29) is 24.5 Å².